The van der Waals surface area contributed by atoms with Gasteiger partial charge in [-0.05, 0) is 34.7 Å². The van der Waals surface area contributed by atoms with E-state index in [-0.39, 0.29) is 17.8 Å². The lowest BCUT2D eigenvalue weighted by Gasteiger charge is -2.36. The molecule has 31 heavy (non-hydrogen) atoms. The average Bonchev–Trinajstić information content (AvgIpc) is 3.45. The van der Waals surface area contributed by atoms with Crippen molar-refractivity contribution >= 4 is 28.9 Å². The number of carbonyl (C=O) groups is 1. The number of nitrogens with zero attached hydrogens (tertiary/aromatic N) is 6. The Morgan fingerprint density at radius 2 is 2.06 bits per heavy atom. The van der Waals surface area contributed by atoms with Crippen LogP contribution in [0.4, 0.5) is 5.69 Å². The molecule has 2 N–H and O–H groups in total. The molecule has 8 nitrogen and oxygen atoms in total. The molecule has 0 aliphatic carbocycles. The maximum Gasteiger partial charge on any atom is 0.236 e. The molecule has 1 unspecified atom stereocenters. The first kappa shape index (κ1) is 19.2. The number of carbonyl (C=O) groups excluding carboxylic acids is 1. The second kappa shape index (κ2) is 7.18. The first-order valence-electron chi connectivity index (χ1n) is 9.74. The van der Waals surface area contributed by atoms with Crippen molar-refractivity contribution in [2.45, 2.75) is 5.54 Å². The summed E-state index contributed by atoms with van der Waals surface area (Å²) in [5.41, 5.74) is 8.79. The monoisotopic (exact) mass is 429 g/mol. The van der Waals surface area contributed by atoms with Gasteiger partial charge in [-0.3, -0.25) is 9.69 Å². The third kappa shape index (κ3) is 3.04. The molecule has 1 fully saturated rings. The van der Waals surface area contributed by atoms with Gasteiger partial charge in [-0.2, -0.15) is 5.26 Å². The van der Waals surface area contributed by atoms with Gasteiger partial charge in [0.15, 0.2) is 5.96 Å². The Hall–Kier alpha value is -3.77. The van der Waals surface area contributed by atoms with Crippen molar-refractivity contribution in [1.82, 2.24) is 14.9 Å². The van der Waals surface area contributed by atoms with Crippen LogP contribution in [-0.2, 0) is 10.3 Å². The number of aliphatic imine (C=N–C) groups is 1. The van der Waals surface area contributed by atoms with Crippen LogP contribution in [0.5, 0.6) is 0 Å². The molecule has 0 bridgehead atoms. The fourth-order valence-corrected chi connectivity index (χ4v) is 5.41. The van der Waals surface area contributed by atoms with Gasteiger partial charge in [-0.25, -0.2) is 15.0 Å². The van der Waals surface area contributed by atoms with Crippen molar-refractivity contribution in [3.05, 3.63) is 64.9 Å². The quantitative estimate of drug-likeness (QED) is 0.683. The van der Waals surface area contributed by atoms with Gasteiger partial charge in [0.2, 0.25) is 5.91 Å². The Bertz CT molecular complexity index is 1230. The highest BCUT2D eigenvalue weighted by molar-refractivity contribution is 7.10. The van der Waals surface area contributed by atoms with E-state index in [4.69, 9.17) is 10.7 Å². The summed E-state index contributed by atoms with van der Waals surface area (Å²) in [6, 6.07) is 11.7. The third-order valence-electron chi connectivity index (χ3n) is 5.96. The predicted octanol–water partition coefficient (Wildman–Crippen LogP) is 2.20. The van der Waals surface area contributed by atoms with E-state index in [1.807, 2.05) is 23.6 Å². The van der Waals surface area contributed by atoms with E-state index in [1.54, 1.807) is 36.8 Å². The van der Waals surface area contributed by atoms with E-state index in [1.165, 1.54) is 11.2 Å². The van der Waals surface area contributed by atoms with Gasteiger partial charge >= 0.3 is 0 Å². The standard InChI is InChI=1S/C22H19N7OS/c1-28-20(30)18-10-29(17-8-25-13-26-9-17)12-22(18,27-21(28)24)19-6-16(11-31-19)15-4-2-3-14(5-15)7-23/h2-6,8-9,11,13,18H,10,12H2,1H3,(H2,24,27)/t18?,22-/m0/s1. The van der Waals surface area contributed by atoms with E-state index >= 15 is 0 Å². The minimum Gasteiger partial charge on any atom is -0.369 e. The highest BCUT2D eigenvalue weighted by Gasteiger charge is 2.56. The van der Waals surface area contributed by atoms with Gasteiger partial charge in [-0.1, -0.05) is 12.1 Å². The molecule has 2 aromatic heterocycles. The summed E-state index contributed by atoms with van der Waals surface area (Å²) in [4.78, 5) is 30.8. The Labute approximate surface area is 183 Å². The van der Waals surface area contributed by atoms with Crippen LogP contribution in [0.15, 0.2) is 59.4 Å². The van der Waals surface area contributed by atoms with Crippen molar-refractivity contribution in [2.75, 3.05) is 25.0 Å². The van der Waals surface area contributed by atoms with Gasteiger partial charge in [0.25, 0.3) is 0 Å². The van der Waals surface area contributed by atoms with Crippen molar-refractivity contribution in [3.63, 3.8) is 0 Å². The van der Waals surface area contributed by atoms with Crippen LogP contribution in [0, 0.1) is 17.2 Å². The average molecular weight is 430 g/mol. The number of anilines is 1. The SMILES string of the molecule is CN1C(=O)C2CN(c3cncnc3)C[C@]2(c2cc(-c3cccc(C#N)c3)cs2)N=C1N. The Kier molecular flexibility index (Phi) is 4.45. The van der Waals surface area contributed by atoms with Gasteiger partial charge in [-0.15, -0.1) is 11.3 Å². The maximum atomic E-state index is 13.2. The minimum absolute atomic E-state index is 0.0479. The molecule has 9 heteroatoms. The molecule has 0 spiro atoms. The minimum atomic E-state index is -0.778. The van der Waals surface area contributed by atoms with E-state index < -0.39 is 5.54 Å². The molecule has 1 aromatic carbocycles. The maximum absolute atomic E-state index is 13.2. The van der Waals surface area contributed by atoms with Gasteiger partial charge in [0.1, 0.15) is 11.9 Å². The van der Waals surface area contributed by atoms with E-state index in [2.05, 4.69) is 27.0 Å². The third-order valence-corrected chi connectivity index (χ3v) is 7.06. The van der Waals surface area contributed by atoms with E-state index in [9.17, 15) is 10.1 Å². The molecule has 1 amide bonds. The number of hydrogen-bond donors (Lipinski definition) is 1. The molecular weight excluding hydrogens is 410 g/mol. The topological polar surface area (TPSA) is 112 Å². The summed E-state index contributed by atoms with van der Waals surface area (Å²) in [6.45, 7) is 1.01. The lowest BCUT2D eigenvalue weighted by atomic mass is 9.83. The number of guanidine groups is 1. The highest BCUT2D eigenvalue weighted by atomic mass is 32.1. The predicted molar refractivity (Wildman–Crippen MR) is 118 cm³/mol. The molecule has 154 valence electrons. The summed E-state index contributed by atoms with van der Waals surface area (Å²) < 4.78 is 0. The number of nitriles is 1. The van der Waals surface area contributed by atoms with Crippen LogP contribution in [0.1, 0.15) is 10.4 Å². The first-order valence-corrected chi connectivity index (χ1v) is 10.6. The van der Waals surface area contributed by atoms with Crippen LogP contribution in [0.3, 0.4) is 0 Å². The number of nitrogens with two attached hydrogens (primary N) is 1. The van der Waals surface area contributed by atoms with Gasteiger partial charge in [0.05, 0.1) is 35.6 Å². The lowest BCUT2D eigenvalue weighted by molar-refractivity contribution is -0.132. The number of thiophene rings is 1. The summed E-state index contributed by atoms with van der Waals surface area (Å²) >= 11 is 1.56. The van der Waals surface area contributed by atoms with Crippen LogP contribution < -0.4 is 10.6 Å². The molecule has 2 atom stereocenters. The lowest BCUT2D eigenvalue weighted by Crippen LogP contribution is -2.54. The Balaban J connectivity index is 1.60. The molecular formula is C22H19N7OS. The molecule has 2 aliphatic rings. The molecule has 3 aromatic rings. The van der Waals surface area contributed by atoms with E-state index in [0.717, 1.165) is 21.7 Å². The fourth-order valence-electron chi connectivity index (χ4n) is 4.30. The molecule has 2 aliphatic heterocycles. The van der Waals surface area contributed by atoms with Gasteiger partial charge in [0, 0.05) is 25.0 Å². The van der Waals surface area contributed by atoms with Crippen molar-refractivity contribution in [1.29, 1.82) is 5.26 Å². The second-order valence-electron chi connectivity index (χ2n) is 7.71. The molecule has 0 radical (unpaired) electrons. The summed E-state index contributed by atoms with van der Waals surface area (Å²) in [7, 11) is 1.66. The zero-order valence-electron chi connectivity index (χ0n) is 16.8. The highest BCUT2D eigenvalue weighted by Crippen LogP contribution is 2.47. The first-order chi connectivity index (χ1) is 15.0. The smallest absolute Gasteiger partial charge is 0.236 e. The molecule has 0 saturated carbocycles. The molecule has 4 heterocycles. The largest absolute Gasteiger partial charge is 0.369 e. The normalized spacial score (nSPS) is 22.8. The summed E-state index contributed by atoms with van der Waals surface area (Å²) in [5.74, 6) is -0.205. The van der Waals surface area contributed by atoms with Crippen molar-refractivity contribution < 1.29 is 4.79 Å². The van der Waals surface area contributed by atoms with Crippen molar-refractivity contribution in [2.24, 2.45) is 16.6 Å². The number of fused-ring (bicyclic) bond motifs is 1. The number of benzene rings is 1. The summed E-state index contributed by atoms with van der Waals surface area (Å²) in [6.07, 6.45) is 4.97. The zero-order valence-corrected chi connectivity index (χ0v) is 17.6. The van der Waals surface area contributed by atoms with Gasteiger partial charge < -0.3 is 10.6 Å². The number of aromatic nitrogens is 2. The van der Waals surface area contributed by atoms with Crippen LogP contribution >= 0.6 is 11.3 Å². The van der Waals surface area contributed by atoms with E-state index in [0.29, 0.717) is 18.7 Å². The number of amides is 1. The molecule has 1 saturated heterocycles. The molecule has 5 rings (SSSR count). The summed E-state index contributed by atoms with van der Waals surface area (Å²) in [5, 5.41) is 11.3. The zero-order chi connectivity index (χ0) is 21.6. The number of rotatable bonds is 3. The van der Waals surface area contributed by atoms with Crippen LogP contribution in [-0.4, -0.2) is 46.9 Å². The Morgan fingerprint density at radius 1 is 1.26 bits per heavy atom. The number of hydrogen-bond acceptors (Lipinski definition) is 8. The Morgan fingerprint density at radius 3 is 2.84 bits per heavy atom. The fraction of sp³-hybridized carbons (Fsp3) is 0.227. The second-order valence-corrected chi connectivity index (χ2v) is 8.62. The van der Waals surface area contributed by atoms with Crippen LogP contribution in [0.25, 0.3) is 11.1 Å². The van der Waals surface area contributed by atoms with Crippen molar-refractivity contribution in [3.8, 4) is 17.2 Å². The van der Waals surface area contributed by atoms with Crippen LogP contribution in [0.2, 0.25) is 0 Å².